The normalized spacial score (nSPS) is 17.4. The summed E-state index contributed by atoms with van der Waals surface area (Å²) in [7, 11) is 0. The summed E-state index contributed by atoms with van der Waals surface area (Å²) in [6, 6.07) is 5.77. The summed E-state index contributed by atoms with van der Waals surface area (Å²) in [5, 5.41) is 9.20. The van der Waals surface area contributed by atoms with Crippen LogP contribution in [0.3, 0.4) is 0 Å². The molecule has 1 aromatic carbocycles. The summed E-state index contributed by atoms with van der Waals surface area (Å²) in [4.78, 5) is 23.9. The Balaban J connectivity index is 2.21. The second kappa shape index (κ2) is 6.42. The lowest BCUT2D eigenvalue weighted by atomic mass is 9.68. The summed E-state index contributed by atoms with van der Waals surface area (Å²) in [5.74, 6) is -0.690. The fourth-order valence-corrected chi connectivity index (χ4v) is 3.53. The number of benzene rings is 1. The molecule has 0 radical (unpaired) electrons. The van der Waals surface area contributed by atoms with E-state index < -0.39 is 5.97 Å². The van der Waals surface area contributed by atoms with Gasteiger partial charge in [0.2, 0.25) is 0 Å². The maximum atomic E-state index is 12.7. The highest BCUT2D eigenvalue weighted by Gasteiger charge is 2.36. The lowest BCUT2D eigenvalue weighted by molar-refractivity contribution is -0.140. The molecule has 0 spiro atoms. The number of carbonyl (C=O) groups excluding carboxylic acids is 1. The molecule has 1 fully saturated rings. The summed E-state index contributed by atoms with van der Waals surface area (Å²) in [6.45, 7) is 3.97. The Morgan fingerprint density at radius 3 is 2.38 bits per heavy atom. The van der Waals surface area contributed by atoms with Gasteiger partial charge in [0.25, 0.3) is 0 Å². The van der Waals surface area contributed by atoms with Crippen LogP contribution in [0.15, 0.2) is 18.2 Å². The second-order valence-corrected chi connectivity index (χ2v) is 6.48. The average molecular weight is 288 g/mol. The van der Waals surface area contributed by atoms with Crippen LogP contribution in [0.2, 0.25) is 0 Å². The summed E-state index contributed by atoms with van der Waals surface area (Å²) in [5.41, 5.74) is 2.54. The van der Waals surface area contributed by atoms with Gasteiger partial charge in [-0.05, 0) is 43.2 Å². The van der Waals surface area contributed by atoms with Gasteiger partial charge in [-0.2, -0.15) is 0 Å². The predicted octanol–water partition coefficient (Wildman–Crippen LogP) is 4.30. The van der Waals surface area contributed by atoms with Gasteiger partial charge in [-0.3, -0.25) is 9.59 Å². The van der Waals surface area contributed by atoms with Crippen LogP contribution in [0.1, 0.15) is 66.4 Å². The van der Waals surface area contributed by atoms with Gasteiger partial charge in [-0.25, -0.2) is 0 Å². The summed E-state index contributed by atoms with van der Waals surface area (Å²) >= 11 is 0. The quantitative estimate of drug-likeness (QED) is 0.822. The maximum absolute atomic E-state index is 12.7. The SMILES string of the molecule is Cc1cccc(C(=O)CC2(CC(=O)O)CCCCC2)c1C. The number of carboxylic acids is 1. The molecule has 1 N–H and O–H groups in total. The van der Waals surface area contributed by atoms with E-state index in [0.717, 1.165) is 48.8 Å². The molecule has 0 amide bonds. The van der Waals surface area contributed by atoms with Crippen LogP contribution < -0.4 is 0 Å². The number of aliphatic carboxylic acids is 1. The predicted molar refractivity (Wildman–Crippen MR) is 82.6 cm³/mol. The third kappa shape index (κ3) is 3.72. The van der Waals surface area contributed by atoms with Crippen molar-refractivity contribution in [2.45, 2.75) is 58.8 Å². The Morgan fingerprint density at radius 1 is 1.10 bits per heavy atom. The third-order valence-electron chi connectivity index (χ3n) is 4.88. The van der Waals surface area contributed by atoms with Gasteiger partial charge in [0, 0.05) is 12.0 Å². The lowest BCUT2D eigenvalue weighted by Crippen LogP contribution is -2.30. The molecule has 2 rings (SSSR count). The highest BCUT2D eigenvalue weighted by molar-refractivity contribution is 5.98. The van der Waals surface area contributed by atoms with Crippen LogP contribution in [-0.2, 0) is 4.79 Å². The Morgan fingerprint density at radius 2 is 1.76 bits per heavy atom. The van der Waals surface area contributed by atoms with Gasteiger partial charge in [0.05, 0.1) is 6.42 Å². The third-order valence-corrected chi connectivity index (χ3v) is 4.88. The largest absolute Gasteiger partial charge is 0.481 e. The number of hydrogen-bond acceptors (Lipinski definition) is 2. The molecule has 114 valence electrons. The van der Waals surface area contributed by atoms with Crippen molar-refractivity contribution in [3.63, 3.8) is 0 Å². The lowest BCUT2D eigenvalue weighted by Gasteiger charge is -2.35. The minimum absolute atomic E-state index is 0.0966. The molecule has 0 aliphatic heterocycles. The van der Waals surface area contributed by atoms with Crippen LogP contribution in [0.5, 0.6) is 0 Å². The molecule has 3 heteroatoms. The van der Waals surface area contributed by atoms with Gasteiger partial charge < -0.3 is 5.11 Å². The number of carbonyl (C=O) groups is 2. The maximum Gasteiger partial charge on any atom is 0.303 e. The summed E-state index contributed by atoms with van der Waals surface area (Å²) < 4.78 is 0. The molecule has 0 aromatic heterocycles. The first-order valence-electron chi connectivity index (χ1n) is 7.75. The smallest absolute Gasteiger partial charge is 0.303 e. The van der Waals surface area contributed by atoms with Gasteiger partial charge in [-0.15, -0.1) is 0 Å². The van der Waals surface area contributed by atoms with Crippen LogP contribution in [0.4, 0.5) is 0 Å². The van der Waals surface area contributed by atoms with E-state index in [1.165, 1.54) is 0 Å². The number of rotatable bonds is 5. The van der Waals surface area contributed by atoms with Crippen LogP contribution in [-0.4, -0.2) is 16.9 Å². The number of hydrogen-bond donors (Lipinski definition) is 1. The number of Topliss-reactive ketones (excluding diaryl/α,β-unsaturated/α-hetero) is 1. The van der Waals surface area contributed by atoms with Gasteiger partial charge in [0.1, 0.15) is 0 Å². The fraction of sp³-hybridized carbons (Fsp3) is 0.556. The van der Waals surface area contributed by atoms with Gasteiger partial charge in [0.15, 0.2) is 5.78 Å². The molecule has 1 aromatic rings. The Hall–Kier alpha value is -1.64. The molecule has 21 heavy (non-hydrogen) atoms. The molecule has 0 heterocycles. The van der Waals surface area contributed by atoms with Crippen molar-refractivity contribution in [1.29, 1.82) is 0 Å². The Bertz CT molecular complexity index is 539. The monoisotopic (exact) mass is 288 g/mol. The van der Waals surface area contributed by atoms with Crippen LogP contribution >= 0.6 is 0 Å². The fourth-order valence-electron chi connectivity index (χ4n) is 3.53. The molecule has 0 unspecified atom stereocenters. The molecule has 0 atom stereocenters. The molecule has 3 nitrogen and oxygen atoms in total. The average Bonchev–Trinajstić information content (AvgIpc) is 2.41. The minimum Gasteiger partial charge on any atom is -0.481 e. The van der Waals surface area contributed by atoms with E-state index in [4.69, 9.17) is 0 Å². The minimum atomic E-state index is -0.786. The zero-order chi connectivity index (χ0) is 15.5. The van der Waals surface area contributed by atoms with Crippen molar-refractivity contribution in [3.05, 3.63) is 34.9 Å². The second-order valence-electron chi connectivity index (χ2n) is 6.48. The van der Waals surface area contributed by atoms with Crippen molar-refractivity contribution in [3.8, 4) is 0 Å². The zero-order valence-electron chi connectivity index (χ0n) is 12.9. The van der Waals surface area contributed by atoms with Crippen molar-refractivity contribution >= 4 is 11.8 Å². The number of carboxylic acid groups (broad SMARTS) is 1. The molecular weight excluding hydrogens is 264 g/mol. The summed E-state index contributed by atoms with van der Waals surface area (Å²) in [6.07, 6.45) is 5.42. The molecular formula is C18H24O3. The first kappa shape index (κ1) is 15.7. The molecule has 0 bridgehead atoms. The van der Waals surface area contributed by atoms with Crippen LogP contribution in [0.25, 0.3) is 0 Å². The van der Waals surface area contributed by atoms with E-state index in [2.05, 4.69) is 0 Å². The number of ketones is 1. The molecule has 1 aliphatic rings. The van der Waals surface area contributed by atoms with E-state index in [1.54, 1.807) is 0 Å². The van der Waals surface area contributed by atoms with Gasteiger partial charge in [-0.1, -0.05) is 37.5 Å². The standard InChI is InChI=1S/C18H24O3/c1-13-7-6-8-15(14(13)2)16(19)11-18(12-17(20)21)9-4-3-5-10-18/h6-8H,3-5,9-12H2,1-2H3,(H,20,21). The zero-order valence-corrected chi connectivity index (χ0v) is 12.9. The highest BCUT2D eigenvalue weighted by atomic mass is 16.4. The molecule has 1 saturated carbocycles. The highest BCUT2D eigenvalue weighted by Crippen LogP contribution is 2.43. The Labute approximate surface area is 126 Å². The first-order chi connectivity index (χ1) is 9.93. The van der Waals surface area contributed by atoms with E-state index in [-0.39, 0.29) is 17.6 Å². The molecule has 0 saturated heterocycles. The van der Waals surface area contributed by atoms with E-state index in [1.807, 2.05) is 32.0 Å². The van der Waals surface area contributed by atoms with Crippen molar-refractivity contribution in [2.75, 3.05) is 0 Å². The van der Waals surface area contributed by atoms with Crippen LogP contribution in [0, 0.1) is 19.3 Å². The van der Waals surface area contributed by atoms with E-state index >= 15 is 0 Å². The van der Waals surface area contributed by atoms with Gasteiger partial charge >= 0.3 is 5.97 Å². The van der Waals surface area contributed by atoms with Crippen molar-refractivity contribution < 1.29 is 14.7 Å². The van der Waals surface area contributed by atoms with Crippen molar-refractivity contribution in [2.24, 2.45) is 5.41 Å². The van der Waals surface area contributed by atoms with Crippen molar-refractivity contribution in [1.82, 2.24) is 0 Å². The Kier molecular flexibility index (Phi) is 4.81. The topological polar surface area (TPSA) is 54.4 Å². The first-order valence-corrected chi connectivity index (χ1v) is 7.75. The van der Waals surface area contributed by atoms with E-state index in [0.29, 0.717) is 6.42 Å². The van der Waals surface area contributed by atoms with E-state index in [9.17, 15) is 14.7 Å². The number of aryl methyl sites for hydroxylation is 1. The molecule has 1 aliphatic carbocycles.